The summed E-state index contributed by atoms with van der Waals surface area (Å²) in [4.78, 5) is 41.2. The van der Waals surface area contributed by atoms with Gasteiger partial charge in [-0.3, -0.25) is 19.4 Å². The maximum Gasteiger partial charge on any atom is 0.326 e. The van der Waals surface area contributed by atoms with Gasteiger partial charge in [0, 0.05) is 17.8 Å². The van der Waals surface area contributed by atoms with E-state index >= 15 is 0 Å². The molecule has 0 atom stereocenters. The first-order valence-electron chi connectivity index (χ1n) is 11.2. The summed E-state index contributed by atoms with van der Waals surface area (Å²) in [6, 6.07) is 19.5. The van der Waals surface area contributed by atoms with Gasteiger partial charge in [0.05, 0.1) is 18.0 Å². The zero-order chi connectivity index (χ0) is 24.8. The minimum Gasteiger partial charge on any atom is -0.494 e. The molecule has 1 heterocycles. The van der Waals surface area contributed by atoms with Gasteiger partial charge in [-0.1, -0.05) is 30.3 Å². The molecule has 0 aliphatic carbocycles. The number of carbonyl (C=O) groups is 3. The minimum atomic E-state index is -0.474. The summed E-state index contributed by atoms with van der Waals surface area (Å²) in [7, 11) is 0. The summed E-state index contributed by atoms with van der Waals surface area (Å²) in [6.07, 6.45) is 0. The molecule has 9 heteroatoms. The lowest BCUT2D eigenvalue weighted by Gasteiger charge is -2.35. The summed E-state index contributed by atoms with van der Waals surface area (Å²) >= 11 is 0. The molecule has 2 N–H and O–H groups in total. The number of urea groups is 1. The minimum absolute atomic E-state index is 0.00575. The van der Waals surface area contributed by atoms with Crippen molar-refractivity contribution in [3.8, 4) is 5.75 Å². The number of rotatable bonds is 7. The summed E-state index contributed by atoms with van der Waals surface area (Å²) < 4.78 is 19.2. The van der Waals surface area contributed by atoms with Gasteiger partial charge in [-0.05, 0) is 49.4 Å². The average Bonchev–Trinajstić information content (AvgIpc) is 2.86. The van der Waals surface area contributed by atoms with E-state index in [1.54, 1.807) is 66.7 Å². The Morgan fingerprint density at radius 3 is 2.37 bits per heavy atom. The largest absolute Gasteiger partial charge is 0.494 e. The highest BCUT2D eigenvalue weighted by molar-refractivity contribution is 6.15. The van der Waals surface area contributed by atoms with Crippen molar-refractivity contribution < 1.29 is 23.5 Å². The molecule has 0 fully saturated rings. The first-order chi connectivity index (χ1) is 17.0. The molecule has 0 aromatic heterocycles. The second-order valence-electron chi connectivity index (χ2n) is 7.81. The van der Waals surface area contributed by atoms with Crippen LogP contribution in [0.2, 0.25) is 0 Å². The normalized spacial score (nSPS) is 12.7. The van der Waals surface area contributed by atoms with Crippen LogP contribution in [0.15, 0.2) is 72.8 Å². The van der Waals surface area contributed by atoms with Gasteiger partial charge < -0.3 is 15.4 Å². The highest BCUT2D eigenvalue weighted by atomic mass is 19.1. The highest BCUT2D eigenvalue weighted by Crippen LogP contribution is 2.33. The van der Waals surface area contributed by atoms with Crippen molar-refractivity contribution in [2.45, 2.75) is 13.5 Å². The van der Waals surface area contributed by atoms with E-state index in [0.29, 0.717) is 35.0 Å². The number of carbonyl (C=O) groups excluding carboxylic acids is 3. The van der Waals surface area contributed by atoms with E-state index in [0.717, 1.165) is 0 Å². The van der Waals surface area contributed by atoms with Crippen LogP contribution in [-0.4, -0.2) is 37.5 Å². The summed E-state index contributed by atoms with van der Waals surface area (Å²) in [5, 5.41) is 5.43. The Labute approximate surface area is 202 Å². The Balaban J connectivity index is 1.45. The van der Waals surface area contributed by atoms with Crippen LogP contribution in [0.3, 0.4) is 0 Å². The smallest absolute Gasteiger partial charge is 0.326 e. The lowest BCUT2D eigenvalue weighted by atomic mass is 10.1. The number of ether oxygens (including phenoxy) is 1. The van der Waals surface area contributed by atoms with E-state index in [-0.39, 0.29) is 19.6 Å². The van der Waals surface area contributed by atoms with Gasteiger partial charge in [0.25, 0.3) is 0 Å². The molecule has 0 bridgehead atoms. The number of anilines is 3. The molecule has 0 saturated carbocycles. The van der Waals surface area contributed by atoms with Crippen LogP contribution in [0, 0.1) is 5.82 Å². The third-order valence-corrected chi connectivity index (χ3v) is 5.46. The number of hydrogen-bond acceptors (Lipinski definition) is 4. The van der Waals surface area contributed by atoms with E-state index < -0.39 is 23.7 Å². The number of fused-ring (bicyclic) bond motifs is 1. The summed E-state index contributed by atoms with van der Waals surface area (Å²) in [5.41, 5.74) is 1.84. The van der Waals surface area contributed by atoms with Gasteiger partial charge in [-0.25, -0.2) is 9.18 Å². The van der Waals surface area contributed by atoms with Crippen LogP contribution in [0.1, 0.15) is 12.5 Å². The van der Waals surface area contributed by atoms with Gasteiger partial charge in [0.1, 0.15) is 24.7 Å². The fourth-order valence-electron chi connectivity index (χ4n) is 3.74. The van der Waals surface area contributed by atoms with Crippen molar-refractivity contribution in [1.29, 1.82) is 0 Å². The van der Waals surface area contributed by atoms with Crippen molar-refractivity contribution in [3.05, 3.63) is 84.2 Å². The molecule has 8 nitrogen and oxygen atoms in total. The molecule has 180 valence electrons. The number of halogens is 1. The van der Waals surface area contributed by atoms with Crippen LogP contribution in [-0.2, 0) is 16.1 Å². The number of amides is 4. The Bertz CT molecular complexity index is 1230. The predicted molar refractivity (Wildman–Crippen MR) is 131 cm³/mol. The van der Waals surface area contributed by atoms with Crippen LogP contribution >= 0.6 is 0 Å². The molecule has 3 aromatic rings. The Kier molecular flexibility index (Phi) is 7.25. The molecule has 35 heavy (non-hydrogen) atoms. The second kappa shape index (κ2) is 10.7. The first-order valence-corrected chi connectivity index (χ1v) is 11.2. The maximum atomic E-state index is 13.8. The molecule has 1 aliphatic heterocycles. The summed E-state index contributed by atoms with van der Waals surface area (Å²) in [6.45, 7) is 1.94. The van der Waals surface area contributed by atoms with Gasteiger partial charge in [-0.2, -0.15) is 0 Å². The average molecular weight is 477 g/mol. The van der Waals surface area contributed by atoms with Crippen molar-refractivity contribution in [3.63, 3.8) is 0 Å². The zero-order valence-electron chi connectivity index (χ0n) is 19.2. The van der Waals surface area contributed by atoms with Crippen LogP contribution in [0.5, 0.6) is 5.75 Å². The monoisotopic (exact) mass is 476 g/mol. The fraction of sp³-hybridized carbons (Fsp3) is 0.192. The van der Waals surface area contributed by atoms with Crippen molar-refractivity contribution in [2.75, 3.05) is 34.8 Å². The third kappa shape index (κ3) is 5.57. The zero-order valence-corrected chi connectivity index (χ0v) is 19.2. The Morgan fingerprint density at radius 2 is 1.66 bits per heavy atom. The molecule has 3 aromatic carbocycles. The maximum absolute atomic E-state index is 13.8. The van der Waals surface area contributed by atoms with Crippen LogP contribution in [0.25, 0.3) is 0 Å². The molecule has 0 radical (unpaired) electrons. The van der Waals surface area contributed by atoms with Gasteiger partial charge in [0.15, 0.2) is 0 Å². The summed E-state index contributed by atoms with van der Waals surface area (Å²) in [5.74, 6) is -0.579. The molecule has 0 unspecified atom stereocenters. The molecule has 0 spiro atoms. The Morgan fingerprint density at radius 1 is 0.971 bits per heavy atom. The number of nitrogens with zero attached hydrogens (tertiary/aromatic N) is 2. The van der Waals surface area contributed by atoms with Crippen molar-refractivity contribution >= 4 is 34.9 Å². The van der Waals surface area contributed by atoms with E-state index in [4.69, 9.17) is 4.74 Å². The van der Waals surface area contributed by atoms with Crippen LogP contribution in [0.4, 0.5) is 26.2 Å². The lowest BCUT2D eigenvalue weighted by Crippen LogP contribution is -2.52. The molecular formula is C26H25FN4O4. The van der Waals surface area contributed by atoms with E-state index in [2.05, 4.69) is 10.6 Å². The fourth-order valence-corrected chi connectivity index (χ4v) is 3.74. The molecule has 4 amide bonds. The van der Waals surface area contributed by atoms with Gasteiger partial charge >= 0.3 is 6.03 Å². The number of hydrogen-bond donors (Lipinski definition) is 2. The van der Waals surface area contributed by atoms with E-state index in [1.807, 2.05) is 6.92 Å². The van der Waals surface area contributed by atoms with Gasteiger partial charge in [0.2, 0.25) is 11.8 Å². The standard InChI is InChI=1S/C26H25FN4O4/c1-2-35-20-13-11-19(12-14-20)29-26(34)31-17-25(33)30(22-9-5-6-10-23(22)31)16-24(32)28-15-18-7-3-4-8-21(18)27/h3-14H,2,15-17H2,1H3,(H,28,32)(H,29,34). The van der Waals surface area contributed by atoms with E-state index in [1.165, 1.54) is 15.9 Å². The van der Waals surface area contributed by atoms with Crippen LogP contribution < -0.4 is 25.2 Å². The highest BCUT2D eigenvalue weighted by Gasteiger charge is 2.33. The molecule has 1 aliphatic rings. The third-order valence-electron chi connectivity index (χ3n) is 5.46. The number of benzene rings is 3. The lowest BCUT2D eigenvalue weighted by molar-refractivity contribution is -0.123. The van der Waals surface area contributed by atoms with Crippen molar-refractivity contribution in [2.24, 2.45) is 0 Å². The Hall–Kier alpha value is -4.40. The van der Waals surface area contributed by atoms with Crippen molar-refractivity contribution in [1.82, 2.24) is 5.32 Å². The predicted octanol–water partition coefficient (Wildman–Crippen LogP) is 3.93. The van der Waals surface area contributed by atoms with Gasteiger partial charge in [-0.15, -0.1) is 0 Å². The molecule has 0 saturated heterocycles. The quantitative estimate of drug-likeness (QED) is 0.541. The second-order valence-corrected chi connectivity index (χ2v) is 7.81. The van der Waals surface area contributed by atoms with E-state index in [9.17, 15) is 18.8 Å². The number of para-hydroxylation sites is 2. The number of nitrogens with one attached hydrogen (secondary N) is 2. The molecule has 4 rings (SSSR count). The first kappa shape index (κ1) is 23.7. The SMILES string of the molecule is CCOc1ccc(NC(=O)N2CC(=O)N(CC(=O)NCc3ccccc3F)c3ccccc32)cc1. The topological polar surface area (TPSA) is 91.0 Å². The molecular weight excluding hydrogens is 451 g/mol.